The lowest BCUT2D eigenvalue weighted by Gasteiger charge is -2.13. The fourth-order valence-corrected chi connectivity index (χ4v) is 1.73. The predicted molar refractivity (Wildman–Crippen MR) is 60.4 cm³/mol. The second kappa shape index (κ2) is 3.81. The number of hydrogen-bond donors (Lipinski definition) is 2. The van der Waals surface area contributed by atoms with Crippen LogP contribution in [-0.4, -0.2) is 24.4 Å². The van der Waals surface area contributed by atoms with Crippen LogP contribution >= 0.6 is 0 Å². The Hall–Kier alpha value is -2.10. The van der Waals surface area contributed by atoms with Crippen molar-refractivity contribution in [2.45, 2.75) is 0 Å². The van der Waals surface area contributed by atoms with E-state index in [0.717, 1.165) is 0 Å². The van der Waals surface area contributed by atoms with Crippen molar-refractivity contribution in [2.24, 2.45) is 0 Å². The first-order valence-corrected chi connectivity index (χ1v) is 4.75. The molecular weight excluding hydrogens is 208 g/mol. The maximum absolute atomic E-state index is 9.97. The van der Waals surface area contributed by atoms with Gasteiger partial charge in [0, 0.05) is 10.8 Å². The van der Waals surface area contributed by atoms with Gasteiger partial charge in [0.05, 0.1) is 14.2 Å². The van der Waals surface area contributed by atoms with Gasteiger partial charge in [-0.05, 0) is 0 Å². The third-order valence-electron chi connectivity index (χ3n) is 2.48. The van der Waals surface area contributed by atoms with Gasteiger partial charge in [0.2, 0.25) is 11.5 Å². The predicted octanol–water partition coefficient (Wildman–Crippen LogP) is 2.27. The molecule has 0 aliphatic rings. The van der Waals surface area contributed by atoms with Gasteiger partial charge in [-0.15, -0.1) is 0 Å². The molecule has 0 atom stereocenters. The van der Waals surface area contributed by atoms with Crippen molar-refractivity contribution >= 4 is 10.8 Å². The minimum Gasteiger partial charge on any atom is -0.504 e. The van der Waals surface area contributed by atoms with E-state index in [0.29, 0.717) is 10.8 Å². The molecule has 0 aliphatic heterocycles. The van der Waals surface area contributed by atoms with Crippen molar-refractivity contribution < 1.29 is 19.7 Å². The molecule has 4 nitrogen and oxygen atoms in total. The van der Waals surface area contributed by atoms with Gasteiger partial charge in [-0.3, -0.25) is 0 Å². The summed E-state index contributed by atoms with van der Waals surface area (Å²) in [5.74, 6) is 0.206. The van der Waals surface area contributed by atoms with E-state index in [4.69, 9.17) is 9.47 Å². The van der Waals surface area contributed by atoms with E-state index < -0.39 is 0 Å². The number of methoxy groups -OCH3 is 2. The van der Waals surface area contributed by atoms with Gasteiger partial charge in [0.25, 0.3) is 0 Å². The number of phenolic OH excluding ortho intramolecular Hbond substituents is 2. The zero-order valence-corrected chi connectivity index (χ0v) is 9.02. The molecule has 0 aliphatic carbocycles. The van der Waals surface area contributed by atoms with Crippen molar-refractivity contribution in [3.05, 3.63) is 24.3 Å². The molecular formula is C12H12O4. The number of fused-ring (bicyclic) bond motifs is 1. The Balaban J connectivity index is 2.93. The number of rotatable bonds is 2. The van der Waals surface area contributed by atoms with Gasteiger partial charge in [-0.2, -0.15) is 0 Å². The highest BCUT2D eigenvalue weighted by Crippen LogP contribution is 2.49. The summed E-state index contributed by atoms with van der Waals surface area (Å²) >= 11 is 0. The van der Waals surface area contributed by atoms with Gasteiger partial charge < -0.3 is 19.7 Å². The summed E-state index contributed by atoms with van der Waals surface area (Å²) in [7, 11) is 2.82. The highest BCUT2D eigenvalue weighted by atomic mass is 16.5. The van der Waals surface area contributed by atoms with Crippen LogP contribution in [0.3, 0.4) is 0 Å². The molecule has 4 heteroatoms. The average molecular weight is 220 g/mol. The maximum Gasteiger partial charge on any atom is 0.207 e. The Kier molecular flexibility index (Phi) is 2.48. The minimum absolute atomic E-state index is 0.0345. The molecule has 84 valence electrons. The van der Waals surface area contributed by atoms with Gasteiger partial charge in [0.1, 0.15) is 0 Å². The molecule has 0 bridgehead atoms. The van der Waals surface area contributed by atoms with Crippen LogP contribution in [-0.2, 0) is 0 Å². The lowest BCUT2D eigenvalue weighted by Crippen LogP contribution is -1.92. The van der Waals surface area contributed by atoms with E-state index in [9.17, 15) is 10.2 Å². The van der Waals surface area contributed by atoms with Crippen molar-refractivity contribution in [3.63, 3.8) is 0 Å². The molecule has 0 saturated carbocycles. The van der Waals surface area contributed by atoms with Crippen molar-refractivity contribution in [2.75, 3.05) is 14.2 Å². The molecule has 0 fully saturated rings. The number of ether oxygens (including phenoxy) is 2. The lowest BCUT2D eigenvalue weighted by atomic mass is 10.1. The van der Waals surface area contributed by atoms with Crippen LogP contribution in [0.25, 0.3) is 10.8 Å². The first kappa shape index (κ1) is 10.4. The molecule has 0 amide bonds. The molecule has 2 aromatic carbocycles. The molecule has 0 spiro atoms. The second-order valence-electron chi connectivity index (χ2n) is 3.31. The van der Waals surface area contributed by atoms with Crippen LogP contribution < -0.4 is 9.47 Å². The molecule has 0 heterocycles. The Labute approximate surface area is 92.7 Å². The van der Waals surface area contributed by atoms with Gasteiger partial charge in [-0.25, -0.2) is 0 Å². The summed E-state index contributed by atoms with van der Waals surface area (Å²) in [6, 6.07) is 6.94. The summed E-state index contributed by atoms with van der Waals surface area (Å²) in [6.45, 7) is 0. The van der Waals surface area contributed by atoms with E-state index >= 15 is 0 Å². The summed E-state index contributed by atoms with van der Waals surface area (Å²) < 4.78 is 10.0. The van der Waals surface area contributed by atoms with Crippen molar-refractivity contribution in [1.82, 2.24) is 0 Å². The van der Waals surface area contributed by atoms with E-state index in [1.54, 1.807) is 24.3 Å². The Morgan fingerprint density at radius 3 is 1.50 bits per heavy atom. The van der Waals surface area contributed by atoms with Gasteiger partial charge in [0.15, 0.2) is 11.5 Å². The molecule has 16 heavy (non-hydrogen) atoms. The molecule has 0 aromatic heterocycles. The van der Waals surface area contributed by atoms with E-state index in [1.165, 1.54) is 14.2 Å². The first-order chi connectivity index (χ1) is 7.70. The number of aromatic hydroxyl groups is 2. The maximum atomic E-state index is 9.97. The molecule has 0 saturated heterocycles. The summed E-state index contributed by atoms with van der Waals surface area (Å²) in [6.07, 6.45) is 0. The lowest BCUT2D eigenvalue weighted by molar-refractivity contribution is 0.320. The fraction of sp³-hybridized carbons (Fsp3) is 0.167. The molecule has 2 rings (SSSR count). The molecule has 2 N–H and O–H groups in total. The SMILES string of the molecule is COc1c(OC)c(O)c2ccccc2c1O. The normalized spacial score (nSPS) is 10.4. The third kappa shape index (κ3) is 1.31. The summed E-state index contributed by atoms with van der Waals surface area (Å²) in [4.78, 5) is 0. The van der Waals surface area contributed by atoms with E-state index in [-0.39, 0.29) is 23.0 Å². The van der Waals surface area contributed by atoms with Crippen LogP contribution in [0.15, 0.2) is 24.3 Å². The van der Waals surface area contributed by atoms with Crippen LogP contribution in [0, 0.1) is 0 Å². The van der Waals surface area contributed by atoms with Crippen LogP contribution in [0.4, 0.5) is 0 Å². The minimum atomic E-state index is -0.0345. The van der Waals surface area contributed by atoms with Gasteiger partial charge >= 0.3 is 0 Å². The number of hydrogen-bond acceptors (Lipinski definition) is 4. The highest BCUT2D eigenvalue weighted by molar-refractivity contribution is 5.98. The van der Waals surface area contributed by atoms with Crippen molar-refractivity contribution in [1.29, 1.82) is 0 Å². The molecule has 2 aromatic rings. The Bertz CT molecular complexity index is 486. The highest BCUT2D eigenvalue weighted by Gasteiger charge is 2.19. The fourth-order valence-electron chi connectivity index (χ4n) is 1.73. The number of benzene rings is 2. The Morgan fingerprint density at radius 1 is 0.812 bits per heavy atom. The molecule has 0 unspecified atom stereocenters. The number of phenols is 2. The van der Waals surface area contributed by atoms with Crippen molar-refractivity contribution in [3.8, 4) is 23.0 Å². The summed E-state index contributed by atoms with van der Waals surface area (Å²) in [5.41, 5.74) is 0. The van der Waals surface area contributed by atoms with Crippen LogP contribution in [0.1, 0.15) is 0 Å². The van der Waals surface area contributed by atoms with Crippen LogP contribution in [0.2, 0.25) is 0 Å². The summed E-state index contributed by atoms with van der Waals surface area (Å²) in [5, 5.41) is 21.0. The molecule has 0 radical (unpaired) electrons. The van der Waals surface area contributed by atoms with E-state index in [1.807, 2.05) is 0 Å². The smallest absolute Gasteiger partial charge is 0.207 e. The van der Waals surface area contributed by atoms with Crippen LogP contribution in [0.5, 0.6) is 23.0 Å². The van der Waals surface area contributed by atoms with E-state index in [2.05, 4.69) is 0 Å². The quantitative estimate of drug-likeness (QED) is 0.762. The average Bonchev–Trinajstić information content (AvgIpc) is 2.33. The zero-order chi connectivity index (χ0) is 11.7. The standard InChI is InChI=1S/C12H12O4/c1-15-11-9(13)7-5-3-4-6-8(7)10(14)12(11)16-2/h3-6,13-14H,1-2H3. The monoisotopic (exact) mass is 220 g/mol. The topological polar surface area (TPSA) is 58.9 Å². The second-order valence-corrected chi connectivity index (χ2v) is 3.31. The largest absolute Gasteiger partial charge is 0.504 e. The first-order valence-electron chi connectivity index (χ1n) is 4.75. The third-order valence-corrected chi connectivity index (χ3v) is 2.48. The van der Waals surface area contributed by atoms with Gasteiger partial charge in [-0.1, -0.05) is 24.3 Å². The zero-order valence-electron chi connectivity index (χ0n) is 9.02. The Morgan fingerprint density at radius 2 is 1.19 bits per heavy atom.